The molecule has 0 saturated carbocycles. The average Bonchev–Trinajstić information content (AvgIpc) is 2.54. The van der Waals surface area contributed by atoms with E-state index in [0.29, 0.717) is 19.0 Å². The number of carbonyl (C=O) groups is 1. The van der Waals surface area contributed by atoms with Crippen molar-refractivity contribution in [1.82, 2.24) is 9.80 Å². The molecule has 1 heterocycles. The molecule has 1 aliphatic rings. The summed E-state index contributed by atoms with van der Waals surface area (Å²) in [6, 6.07) is 6.44. The van der Waals surface area contributed by atoms with Crippen molar-refractivity contribution in [1.29, 1.82) is 5.26 Å². The summed E-state index contributed by atoms with van der Waals surface area (Å²) in [6.07, 6.45) is 0. The molecule has 0 spiro atoms. The van der Waals surface area contributed by atoms with E-state index in [9.17, 15) is 10.1 Å². The van der Waals surface area contributed by atoms with Crippen molar-refractivity contribution in [3.05, 3.63) is 28.8 Å². The maximum atomic E-state index is 12.5. The van der Waals surface area contributed by atoms with Gasteiger partial charge in [0.15, 0.2) is 6.61 Å². The molecule has 136 valence electrons. The Hall–Kier alpha value is -2.06. The lowest BCUT2D eigenvalue weighted by Gasteiger charge is -2.38. The summed E-state index contributed by atoms with van der Waals surface area (Å²) < 4.78 is 5.81. The number of rotatable bonds is 5. The Bertz CT molecular complexity index is 632. The maximum Gasteiger partial charge on any atom is 0.260 e. The Kier molecular flexibility index (Phi) is 6.44. The lowest BCUT2D eigenvalue weighted by atomic mass is 10.0. The Labute approximate surface area is 151 Å². The van der Waals surface area contributed by atoms with Gasteiger partial charge in [-0.25, -0.2) is 0 Å². The molecule has 0 bridgehead atoms. The Morgan fingerprint density at radius 1 is 1.16 bits per heavy atom. The van der Waals surface area contributed by atoms with Crippen LogP contribution in [0.3, 0.4) is 0 Å². The number of hydrogen-bond donors (Lipinski definition) is 0. The Balaban J connectivity index is 1.89. The van der Waals surface area contributed by atoms with Crippen LogP contribution >= 0.6 is 0 Å². The summed E-state index contributed by atoms with van der Waals surface area (Å²) in [5, 5.41) is 9.31. The molecule has 0 aliphatic carbocycles. The number of nitrogens with zero attached hydrogens (tertiary/aromatic N) is 3. The molecular weight excluding hydrogens is 314 g/mol. The van der Waals surface area contributed by atoms with E-state index in [0.717, 1.165) is 30.0 Å². The summed E-state index contributed by atoms with van der Waals surface area (Å²) in [5.74, 6) is 1.11. The van der Waals surface area contributed by atoms with Gasteiger partial charge in [0.05, 0.1) is 6.07 Å². The second-order valence-electron chi connectivity index (χ2n) is 7.25. The topological polar surface area (TPSA) is 56.6 Å². The SMILES string of the molecule is Cc1cc(C)c(OCC(=O)N2CCN(C(C#N)C(C)C)CC2)c(C)c1. The molecule has 1 saturated heterocycles. The summed E-state index contributed by atoms with van der Waals surface area (Å²) in [5.41, 5.74) is 3.31. The maximum absolute atomic E-state index is 12.5. The van der Waals surface area contributed by atoms with Gasteiger partial charge < -0.3 is 9.64 Å². The molecule has 0 aromatic heterocycles. The van der Waals surface area contributed by atoms with Gasteiger partial charge in [0.2, 0.25) is 0 Å². The van der Waals surface area contributed by atoms with Gasteiger partial charge in [-0.05, 0) is 37.8 Å². The van der Waals surface area contributed by atoms with Crippen molar-refractivity contribution in [3.63, 3.8) is 0 Å². The molecule has 1 aromatic carbocycles. The third kappa shape index (κ3) is 4.73. The van der Waals surface area contributed by atoms with Crippen LogP contribution in [-0.2, 0) is 4.79 Å². The largest absolute Gasteiger partial charge is 0.483 e. The van der Waals surface area contributed by atoms with Crippen molar-refractivity contribution in [2.75, 3.05) is 32.8 Å². The van der Waals surface area contributed by atoms with Crippen LogP contribution in [0.1, 0.15) is 30.5 Å². The number of carbonyl (C=O) groups excluding carboxylic acids is 1. The molecule has 1 fully saturated rings. The van der Waals surface area contributed by atoms with Gasteiger partial charge >= 0.3 is 0 Å². The Morgan fingerprint density at radius 2 is 1.72 bits per heavy atom. The molecular formula is C20H29N3O2. The van der Waals surface area contributed by atoms with Crippen LogP contribution in [-0.4, -0.2) is 54.5 Å². The van der Waals surface area contributed by atoms with Crippen LogP contribution in [0.25, 0.3) is 0 Å². The van der Waals surface area contributed by atoms with E-state index in [1.54, 1.807) is 0 Å². The highest BCUT2D eigenvalue weighted by Crippen LogP contribution is 2.24. The highest BCUT2D eigenvalue weighted by atomic mass is 16.5. The van der Waals surface area contributed by atoms with Crippen LogP contribution < -0.4 is 4.74 Å². The van der Waals surface area contributed by atoms with Crippen molar-refractivity contribution in [3.8, 4) is 11.8 Å². The van der Waals surface area contributed by atoms with E-state index in [2.05, 4.69) is 43.9 Å². The first-order valence-electron chi connectivity index (χ1n) is 8.95. The highest BCUT2D eigenvalue weighted by molar-refractivity contribution is 5.78. The number of piperazine rings is 1. The van der Waals surface area contributed by atoms with Crippen molar-refractivity contribution in [2.45, 2.75) is 40.7 Å². The van der Waals surface area contributed by atoms with Gasteiger partial charge in [0.1, 0.15) is 11.8 Å². The molecule has 25 heavy (non-hydrogen) atoms. The normalized spacial score (nSPS) is 16.6. The van der Waals surface area contributed by atoms with Gasteiger partial charge in [-0.3, -0.25) is 9.69 Å². The van der Waals surface area contributed by atoms with Crippen molar-refractivity contribution < 1.29 is 9.53 Å². The quantitative estimate of drug-likeness (QED) is 0.825. The number of hydrogen-bond acceptors (Lipinski definition) is 4. The van der Waals surface area contributed by atoms with Crippen LogP contribution in [0.2, 0.25) is 0 Å². The first kappa shape index (κ1) is 19.3. The highest BCUT2D eigenvalue weighted by Gasteiger charge is 2.27. The van der Waals surface area contributed by atoms with Crippen LogP contribution in [0.5, 0.6) is 5.75 Å². The number of benzene rings is 1. The minimum absolute atomic E-state index is 0.0112. The molecule has 5 nitrogen and oxygen atoms in total. The van der Waals surface area contributed by atoms with Gasteiger partial charge in [0, 0.05) is 26.2 Å². The average molecular weight is 343 g/mol. The summed E-state index contributed by atoms with van der Waals surface area (Å²) >= 11 is 0. The van der Waals surface area contributed by atoms with Crippen LogP contribution in [0, 0.1) is 38.0 Å². The van der Waals surface area contributed by atoms with E-state index in [4.69, 9.17) is 4.74 Å². The zero-order chi connectivity index (χ0) is 18.6. The Morgan fingerprint density at radius 3 is 2.20 bits per heavy atom. The van der Waals surface area contributed by atoms with Gasteiger partial charge in [-0.2, -0.15) is 5.26 Å². The zero-order valence-electron chi connectivity index (χ0n) is 16.0. The summed E-state index contributed by atoms with van der Waals surface area (Å²) in [6.45, 7) is 13.0. The number of amides is 1. The minimum atomic E-state index is -0.0774. The predicted molar refractivity (Wildman–Crippen MR) is 98.5 cm³/mol. The van der Waals surface area contributed by atoms with Gasteiger partial charge in [0.25, 0.3) is 5.91 Å². The molecule has 1 aromatic rings. The van der Waals surface area contributed by atoms with Crippen molar-refractivity contribution in [2.24, 2.45) is 5.92 Å². The second-order valence-corrected chi connectivity index (χ2v) is 7.25. The van der Waals surface area contributed by atoms with Crippen LogP contribution in [0.4, 0.5) is 0 Å². The minimum Gasteiger partial charge on any atom is -0.483 e. The molecule has 5 heteroatoms. The fraction of sp³-hybridized carbons (Fsp3) is 0.600. The van der Waals surface area contributed by atoms with E-state index >= 15 is 0 Å². The first-order valence-corrected chi connectivity index (χ1v) is 8.95. The summed E-state index contributed by atoms with van der Waals surface area (Å²) in [7, 11) is 0. The lowest BCUT2D eigenvalue weighted by Crippen LogP contribution is -2.53. The molecule has 0 N–H and O–H groups in total. The fourth-order valence-corrected chi connectivity index (χ4v) is 3.52. The second kappa shape index (κ2) is 8.35. The molecule has 2 rings (SSSR count). The number of ether oxygens (including phenoxy) is 1. The molecule has 0 radical (unpaired) electrons. The van der Waals surface area contributed by atoms with E-state index < -0.39 is 0 Å². The third-order valence-electron chi connectivity index (χ3n) is 4.77. The standard InChI is InChI=1S/C20H29N3O2/c1-14(2)18(12-21)22-6-8-23(9-7-22)19(24)13-25-20-16(4)10-15(3)11-17(20)5/h10-11,14,18H,6-9,13H2,1-5H3. The predicted octanol–water partition coefficient (Wildman–Crippen LogP) is 2.68. The molecule has 1 amide bonds. The van der Waals surface area contributed by atoms with Crippen LogP contribution in [0.15, 0.2) is 12.1 Å². The van der Waals surface area contributed by atoms with Crippen molar-refractivity contribution >= 4 is 5.91 Å². The molecule has 1 atom stereocenters. The van der Waals surface area contributed by atoms with Gasteiger partial charge in [-0.1, -0.05) is 31.5 Å². The van der Waals surface area contributed by atoms with E-state index in [1.807, 2.05) is 18.7 Å². The first-order chi connectivity index (χ1) is 11.8. The monoisotopic (exact) mass is 343 g/mol. The lowest BCUT2D eigenvalue weighted by molar-refractivity contribution is -0.135. The van der Waals surface area contributed by atoms with Gasteiger partial charge in [-0.15, -0.1) is 0 Å². The molecule has 1 unspecified atom stereocenters. The molecule has 1 aliphatic heterocycles. The zero-order valence-corrected chi connectivity index (χ0v) is 16.0. The number of aryl methyl sites for hydroxylation is 3. The fourth-order valence-electron chi connectivity index (χ4n) is 3.52. The smallest absolute Gasteiger partial charge is 0.260 e. The third-order valence-corrected chi connectivity index (χ3v) is 4.77. The summed E-state index contributed by atoms with van der Waals surface area (Å²) in [4.78, 5) is 16.5. The van der Waals surface area contributed by atoms with E-state index in [-0.39, 0.29) is 18.6 Å². The number of nitriles is 1. The van der Waals surface area contributed by atoms with E-state index in [1.165, 1.54) is 5.56 Å².